The number of anilines is 1. The summed E-state index contributed by atoms with van der Waals surface area (Å²) in [6, 6.07) is 7.28. The number of fused-ring (bicyclic) bond motifs is 1. The molecule has 0 bridgehead atoms. The van der Waals surface area contributed by atoms with Gasteiger partial charge in [0.2, 0.25) is 0 Å². The Balaban J connectivity index is 1.76. The maximum absolute atomic E-state index is 13.4. The lowest BCUT2D eigenvalue weighted by Gasteiger charge is -2.34. The number of halogens is 1. The zero-order valence-corrected chi connectivity index (χ0v) is 21.6. The quantitative estimate of drug-likeness (QED) is 0.539. The lowest BCUT2D eigenvalue weighted by Crippen LogP contribution is -2.49. The molecule has 3 heterocycles. The van der Waals surface area contributed by atoms with Crippen LogP contribution in [0.4, 0.5) is 10.6 Å². The highest BCUT2D eigenvalue weighted by Gasteiger charge is 2.29. The first-order chi connectivity index (χ1) is 16.9. The minimum atomic E-state index is -0.721. The largest absolute Gasteiger partial charge is 0.444 e. The van der Waals surface area contributed by atoms with Crippen LogP contribution in [0.1, 0.15) is 55.2 Å². The molecule has 192 valence electrons. The first-order valence-corrected chi connectivity index (χ1v) is 12.2. The third-order valence-electron chi connectivity index (χ3n) is 6.12. The fourth-order valence-electron chi connectivity index (χ4n) is 4.49. The number of nitrogens with one attached hydrogen (secondary N) is 1. The Morgan fingerprint density at radius 1 is 1.28 bits per heavy atom. The molecule has 1 aromatic carbocycles. The van der Waals surface area contributed by atoms with Gasteiger partial charge in [-0.3, -0.25) is 9.59 Å². The van der Waals surface area contributed by atoms with Crippen LogP contribution in [0.5, 0.6) is 0 Å². The summed E-state index contributed by atoms with van der Waals surface area (Å²) in [5.41, 5.74) is 6.45. The number of benzene rings is 1. The number of hydrogen-bond acceptors (Lipinski definition) is 6. The van der Waals surface area contributed by atoms with E-state index in [0.717, 1.165) is 18.4 Å². The van der Waals surface area contributed by atoms with Crippen LogP contribution in [0.3, 0.4) is 0 Å². The number of aromatic nitrogens is 3. The number of primary amides is 1. The molecule has 1 fully saturated rings. The number of carbonyl (C=O) groups excluding carboxylic acids is 2. The topological polar surface area (TPSA) is 124 Å². The zero-order chi connectivity index (χ0) is 26.2. The van der Waals surface area contributed by atoms with E-state index in [1.165, 1.54) is 22.3 Å². The average Bonchev–Trinajstić information content (AvgIpc) is 3.15. The maximum atomic E-state index is 13.4. The van der Waals surface area contributed by atoms with Gasteiger partial charge in [0.1, 0.15) is 16.8 Å². The van der Waals surface area contributed by atoms with E-state index in [2.05, 4.69) is 5.32 Å². The van der Waals surface area contributed by atoms with Gasteiger partial charge in [-0.1, -0.05) is 29.8 Å². The fraction of sp³-hybridized carbons (Fsp3) is 0.440. The van der Waals surface area contributed by atoms with Crippen molar-refractivity contribution in [2.45, 2.75) is 51.7 Å². The van der Waals surface area contributed by atoms with Crippen molar-refractivity contribution >= 4 is 34.9 Å². The summed E-state index contributed by atoms with van der Waals surface area (Å²) in [5.74, 6) is -0.120. The van der Waals surface area contributed by atoms with Crippen LogP contribution in [0.25, 0.3) is 5.52 Å². The van der Waals surface area contributed by atoms with E-state index in [9.17, 15) is 14.4 Å². The van der Waals surface area contributed by atoms with Gasteiger partial charge in [-0.15, -0.1) is 5.10 Å². The number of carbonyl (C=O) groups is 2. The van der Waals surface area contributed by atoms with Crippen molar-refractivity contribution in [2.75, 3.05) is 18.0 Å². The minimum Gasteiger partial charge on any atom is -0.444 e. The van der Waals surface area contributed by atoms with Crippen molar-refractivity contribution in [3.05, 3.63) is 62.7 Å². The van der Waals surface area contributed by atoms with Crippen molar-refractivity contribution < 1.29 is 14.3 Å². The first kappa shape index (κ1) is 25.6. The molecule has 10 nitrogen and oxygen atoms in total. The van der Waals surface area contributed by atoms with Crippen LogP contribution in [0.2, 0.25) is 5.02 Å². The molecule has 3 N–H and O–H groups in total. The van der Waals surface area contributed by atoms with E-state index in [1.54, 1.807) is 6.07 Å². The Bertz CT molecular complexity index is 1370. The Morgan fingerprint density at radius 3 is 2.67 bits per heavy atom. The van der Waals surface area contributed by atoms with Gasteiger partial charge in [-0.25, -0.2) is 9.31 Å². The molecule has 0 saturated carbocycles. The number of alkyl carbamates (subject to hydrolysis) is 1. The maximum Gasteiger partial charge on any atom is 0.407 e. The summed E-state index contributed by atoms with van der Waals surface area (Å²) in [6.45, 7) is 6.63. The van der Waals surface area contributed by atoms with Gasteiger partial charge in [-0.2, -0.15) is 0 Å². The van der Waals surface area contributed by atoms with Crippen molar-refractivity contribution in [3.8, 4) is 0 Å². The molecule has 2 aromatic heterocycles. The molecule has 0 spiro atoms. The molecule has 3 aromatic rings. The third kappa shape index (κ3) is 5.33. The van der Waals surface area contributed by atoms with Crippen molar-refractivity contribution in [3.63, 3.8) is 0 Å². The minimum absolute atomic E-state index is 0.0500. The van der Waals surface area contributed by atoms with Gasteiger partial charge >= 0.3 is 6.09 Å². The molecule has 1 aliphatic rings. The molecular weight excluding hydrogens is 484 g/mol. The molecule has 11 heteroatoms. The molecule has 1 atom stereocenters. The van der Waals surface area contributed by atoms with E-state index < -0.39 is 17.6 Å². The van der Waals surface area contributed by atoms with E-state index in [-0.39, 0.29) is 17.3 Å². The third-order valence-corrected chi connectivity index (χ3v) is 6.49. The highest BCUT2D eigenvalue weighted by Crippen LogP contribution is 2.30. The summed E-state index contributed by atoms with van der Waals surface area (Å²) in [4.78, 5) is 39.7. The van der Waals surface area contributed by atoms with Crippen LogP contribution >= 0.6 is 11.6 Å². The van der Waals surface area contributed by atoms with Crippen molar-refractivity contribution in [1.82, 2.24) is 19.5 Å². The Labute approximate surface area is 214 Å². The Morgan fingerprint density at radius 2 is 2.00 bits per heavy atom. The number of nitrogens with two attached hydrogens (primary N) is 1. The van der Waals surface area contributed by atoms with Crippen molar-refractivity contribution in [2.24, 2.45) is 12.8 Å². The van der Waals surface area contributed by atoms with Gasteiger partial charge in [0, 0.05) is 43.2 Å². The molecule has 36 heavy (non-hydrogen) atoms. The Hall–Kier alpha value is -3.53. The highest BCUT2D eigenvalue weighted by atomic mass is 35.5. The predicted molar refractivity (Wildman–Crippen MR) is 138 cm³/mol. The van der Waals surface area contributed by atoms with Gasteiger partial charge in [0.05, 0.1) is 6.20 Å². The van der Waals surface area contributed by atoms with Gasteiger partial charge in [0.15, 0.2) is 5.82 Å². The number of rotatable bonds is 5. The van der Waals surface area contributed by atoms with Crippen LogP contribution in [-0.2, 0) is 18.2 Å². The molecular formula is C25H31ClN6O4. The number of ether oxygens (including phenoxy) is 1. The second-order valence-electron chi connectivity index (χ2n) is 10.0. The normalized spacial score (nSPS) is 16.2. The molecule has 4 rings (SSSR count). The number of piperidine rings is 1. The molecule has 0 radical (unpaired) electrons. The SMILES string of the molecule is Cn1c(C(N)=O)cn2nc(N3CCC[C@H](NC(=O)OC(C)(C)C)C3)c(Cc3ccccc3Cl)c2c1=O. The monoisotopic (exact) mass is 514 g/mol. The predicted octanol–water partition coefficient (Wildman–Crippen LogP) is 2.87. The van der Waals surface area contributed by atoms with E-state index in [4.69, 9.17) is 27.2 Å². The van der Waals surface area contributed by atoms with E-state index in [0.29, 0.717) is 41.4 Å². The lowest BCUT2D eigenvalue weighted by atomic mass is 10.0. The molecule has 1 saturated heterocycles. The van der Waals surface area contributed by atoms with Crippen LogP contribution in [0.15, 0.2) is 35.3 Å². The van der Waals surface area contributed by atoms with E-state index in [1.807, 2.05) is 43.9 Å². The molecule has 1 aliphatic heterocycles. The van der Waals surface area contributed by atoms with Gasteiger partial charge in [-0.05, 0) is 45.2 Å². The van der Waals surface area contributed by atoms with Crippen LogP contribution < -0.4 is 21.5 Å². The molecule has 0 unspecified atom stereocenters. The summed E-state index contributed by atoms with van der Waals surface area (Å²) < 4.78 is 8.08. The standard InChI is InChI=1S/C25H31ClN6O4/c1-25(2,3)36-24(35)28-16-9-7-11-31(13-16)22-17(12-15-8-5-6-10-18(15)26)20-23(34)30(4)19(21(27)33)14-32(20)29-22/h5-6,8,10,14,16H,7,9,11-13H2,1-4H3,(H2,27,33)(H,28,35)/t16-/m0/s1. The van der Waals surface area contributed by atoms with E-state index >= 15 is 0 Å². The second-order valence-corrected chi connectivity index (χ2v) is 10.4. The summed E-state index contributed by atoms with van der Waals surface area (Å²) in [7, 11) is 1.51. The fourth-order valence-corrected chi connectivity index (χ4v) is 4.69. The summed E-state index contributed by atoms with van der Waals surface area (Å²) in [6.07, 6.45) is 2.96. The van der Waals surface area contributed by atoms with Crippen LogP contribution in [-0.4, -0.2) is 50.9 Å². The smallest absolute Gasteiger partial charge is 0.407 e. The highest BCUT2D eigenvalue weighted by molar-refractivity contribution is 6.31. The van der Waals surface area contributed by atoms with Crippen LogP contribution in [0, 0.1) is 0 Å². The summed E-state index contributed by atoms with van der Waals surface area (Å²) >= 11 is 6.45. The average molecular weight is 515 g/mol. The molecule has 2 amide bonds. The number of nitrogens with zero attached hydrogens (tertiary/aromatic N) is 4. The molecule has 0 aliphatic carbocycles. The van der Waals surface area contributed by atoms with Gasteiger partial charge in [0.25, 0.3) is 11.5 Å². The second kappa shape index (κ2) is 9.85. The van der Waals surface area contributed by atoms with Crippen molar-refractivity contribution in [1.29, 1.82) is 0 Å². The van der Waals surface area contributed by atoms with Gasteiger partial charge < -0.3 is 25.3 Å². The summed E-state index contributed by atoms with van der Waals surface area (Å²) in [5, 5.41) is 8.24. The zero-order valence-electron chi connectivity index (χ0n) is 20.9. The Kier molecular flexibility index (Phi) is 6.99. The lowest BCUT2D eigenvalue weighted by molar-refractivity contribution is 0.0499. The number of hydrogen-bond donors (Lipinski definition) is 2. The number of amides is 2. The first-order valence-electron chi connectivity index (χ1n) is 11.8.